The predicted octanol–water partition coefficient (Wildman–Crippen LogP) is 2.62. The molecule has 0 unspecified atom stereocenters. The van der Waals surface area contributed by atoms with Gasteiger partial charge in [0, 0.05) is 12.6 Å². The zero-order chi connectivity index (χ0) is 18.5. The number of nitrogens with one attached hydrogen (secondary N) is 2. The normalized spacial score (nSPS) is 19.7. The van der Waals surface area contributed by atoms with Gasteiger partial charge in [0.15, 0.2) is 0 Å². The van der Waals surface area contributed by atoms with Crippen molar-refractivity contribution < 1.29 is 14.3 Å². The molecule has 6 nitrogen and oxygen atoms in total. The molecule has 0 saturated carbocycles. The first-order valence-corrected chi connectivity index (χ1v) is 8.80. The summed E-state index contributed by atoms with van der Waals surface area (Å²) in [5.41, 5.74) is 1.41. The number of carbonyl (C=O) groups excluding carboxylic acids is 2. The number of nitrogens with zero attached hydrogens (tertiary/aromatic N) is 1. The Hall–Kier alpha value is -2.89. The molecule has 0 aliphatic carbocycles. The molecule has 0 spiro atoms. The molecule has 0 radical (unpaired) electrons. The summed E-state index contributed by atoms with van der Waals surface area (Å²) in [5, 5.41) is 6.02. The average Bonchev–Trinajstić information content (AvgIpc) is 2.63. The van der Waals surface area contributed by atoms with Gasteiger partial charge < -0.3 is 15.4 Å². The molecule has 0 bridgehead atoms. The molecule has 2 atom stereocenters. The average molecular weight is 353 g/mol. The van der Waals surface area contributed by atoms with E-state index in [0.717, 1.165) is 5.56 Å². The Morgan fingerprint density at radius 1 is 1.27 bits per heavy atom. The van der Waals surface area contributed by atoms with Crippen molar-refractivity contribution in [2.45, 2.75) is 44.9 Å². The summed E-state index contributed by atoms with van der Waals surface area (Å²) >= 11 is 0. The molecule has 2 aromatic rings. The van der Waals surface area contributed by atoms with Gasteiger partial charge in [-0.1, -0.05) is 30.3 Å². The maximum Gasteiger partial charge on any atom is 0.253 e. The Kier molecular flexibility index (Phi) is 5.51. The quantitative estimate of drug-likeness (QED) is 0.866. The molecular formula is C20H23N3O3. The number of pyridine rings is 1. The Morgan fingerprint density at radius 3 is 2.77 bits per heavy atom. The van der Waals surface area contributed by atoms with E-state index < -0.39 is 0 Å². The van der Waals surface area contributed by atoms with Crippen LogP contribution >= 0.6 is 0 Å². The minimum absolute atomic E-state index is 0.00153. The lowest BCUT2D eigenvalue weighted by Gasteiger charge is -2.33. The second kappa shape index (κ2) is 7.99. The highest BCUT2D eigenvalue weighted by molar-refractivity contribution is 5.94. The maximum atomic E-state index is 12.7. The topological polar surface area (TPSA) is 80.3 Å². The van der Waals surface area contributed by atoms with Crippen LogP contribution in [0.4, 0.5) is 0 Å². The molecule has 1 saturated heterocycles. The Labute approximate surface area is 153 Å². The Bertz CT molecular complexity index is 777. The molecule has 6 heteroatoms. The first-order chi connectivity index (χ1) is 12.5. The van der Waals surface area contributed by atoms with Crippen molar-refractivity contribution in [3.05, 3.63) is 59.9 Å². The van der Waals surface area contributed by atoms with Crippen LogP contribution in [0.15, 0.2) is 48.8 Å². The van der Waals surface area contributed by atoms with Crippen LogP contribution in [-0.2, 0) is 4.79 Å². The maximum absolute atomic E-state index is 12.7. The minimum Gasteiger partial charge on any atom is -0.489 e. The number of carbonyl (C=O) groups is 2. The first-order valence-electron chi connectivity index (χ1n) is 8.80. The van der Waals surface area contributed by atoms with E-state index in [4.69, 9.17) is 4.74 Å². The highest BCUT2D eigenvalue weighted by Crippen LogP contribution is 2.24. The summed E-state index contributed by atoms with van der Waals surface area (Å²) < 4.78 is 5.60. The summed E-state index contributed by atoms with van der Waals surface area (Å²) in [4.78, 5) is 28.6. The molecule has 2 N–H and O–H groups in total. The van der Waals surface area contributed by atoms with Crippen molar-refractivity contribution >= 4 is 11.8 Å². The first kappa shape index (κ1) is 17.9. The van der Waals surface area contributed by atoms with E-state index in [0.29, 0.717) is 24.2 Å². The van der Waals surface area contributed by atoms with E-state index in [2.05, 4.69) is 15.6 Å². The summed E-state index contributed by atoms with van der Waals surface area (Å²) in [7, 11) is 0. The summed E-state index contributed by atoms with van der Waals surface area (Å²) in [5.74, 6) is 0.330. The molecular weight excluding hydrogens is 330 g/mol. The van der Waals surface area contributed by atoms with Crippen LogP contribution in [0, 0.1) is 0 Å². The van der Waals surface area contributed by atoms with Crippen molar-refractivity contribution in [3.63, 3.8) is 0 Å². The minimum atomic E-state index is -0.246. The highest BCUT2D eigenvalue weighted by atomic mass is 16.5. The number of benzene rings is 1. The van der Waals surface area contributed by atoms with Crippen LogP contribution in [0.25, 0.3) is 0 Å². The zero-order valence-electron chi connectivity index (χ0n) is 14.9. The van der Waals surface area contributed by atoms with Crippen molar-refractivity contribution in [2.75, 3.05) is 0 Å². The van der Waals surface area contributed by atoms with Crippen LogP contribution in [-0.4, -0.2) is 28.9 Å². The largest absolute Gasteiger partial charge is 0.489 e. The molecule has 1 fully saturated rings. The molecule has 1 aromatic carbocycles. The number of hydrogen-bond acceptors (Lipinski definition) is 4. The third-order valence-electron chi connectivity index (χ3n) is 4.22. The highest BCUT2D eigenvalue weighted by Gasteiger charge is 2.31. The van der Waals surface area contributed by atoms with Gasteiger partial charge >= 0.3 is 0 Å². The van der Waals surface area contributed by atoms with Gasteiger partial charge in [0.05, 0.1) is 29.9 Å². The number of ether oxygens (including phenoxy) is 1. The lowest BCUT2D eigenvalue weighted by Crippen LogP contribution is -2.50. The van der Waals surface area contributed by atoms with Crippen LogP contribution in [0.3, 0.4) is 0 Å². The molecule has 1 aliphatic heterocycles. The monoisotopic (exact) mass is 353 g/mol. The van der Waals surface area contributed by atoms with E-state index in [1.807, 2.05) is 44.2 Å². The number of amides is 2. The summed E-state index contributed by atoms with van der Waals surface area (Å²) in [6.07, 6.45) is 4.09. The van der Waals surface area contributed by atoms with E-state index in [1.165, 1.54) is 6.20 Å². The molecule has 26 heavy (non-hydrogen) atoms. The number of rotatable bonds is 5. The molecule has 1 aliphatic rings. The standard InChI is InChI=1S/C20H23N3O3/c1-13(2)26-16-10-15(11-21-12-16)20(25)22-17-8-9-18(24)23-19(17)14-6-4-3-5-7-14/h3-7,10-13,17,19H,8-9H2,1-2H3,(H,22,25)(H,23,24)/t17-,19+/m1/s1. The second-order valence-corrected chi connectivity index (χ2v) is 6.65. The van der Waals surface area contributed by atoms with Crippen molar-refractivity contribution in [1.29, 1.82) is 0 Å². The van der Waals surface area contributed by atoms with Gasteiger partial charge in [-0.15, -0.1) is 0 Å². The van der Waals surface area contributed by atoms with Gasteiger partial charge in [-0.05, 0) is 31.9 Å². The number of piperidine rings is 1. The fraction of sp³-hybridized carbons (Fsp3) is 0.350. The fourth-order valence-corrected chi connectivity index (χ4v) is 3.06. The fourth-order valence-electron chi connectivity index (χ4n) is 3.06. The van der Waals surface area contributed by atoms with Crippen LogP contribution in [0.5, 0.6) is 5.75 Å². The van der Waals surface area contributed by atoms with Crippen LogP contribution < -0.4 is 15.4 Å². The van der Waals surface area contributed by atoms with E-state index in [9.17, 15) is 9.59 Å². The second-order valence-electron chi connectivity index (χ2n) is 6.65. The van der Waals surface area contributed by atoms with Gasteiger partial charge in [0.2, 0.25) is 5.91 Å². The number of hydrogen-bond donors (Lipinski definition) is 2. The van der Waals surface area contributed by atoms with Gasteiger partial charge in [-0.25, -0.2) is 0 Å². The SMILES string of the molecule is CC(C)Oc1cncc(C(=O)N[C@@H]2CCC(=O)N[C@H]2c2ccccc2)c1. The summed E-state index contributed by atoms with van der Waals surface area (Å²) in [6, 6.07) is 10.9. The lowest BCUT2D eigenvalue weighted by molar-refractivity contribution is -0.123. The third-order valence-corrected chi connectivity index (χ3v) is 4.22. The third kappa shape index (κ3) is 4.39. The van der Waals surface area contributed by atoms with E-state index >= 15 is 0 Å². The van der Waals surface area contributed by atoms with Crippen LogP contribution in [0.1, 0.15) is 48.7 Å². The Balaban J connectivity index is 1.75. The molecule has 2 amide bonds. The van der Waals surface area contributed by atoms with E-state index in [-0.39, 0.29) is 30.0 Å². The molecule has 3 rings (SSSR count). The van der Waals surface area contributed by atoms with Crippen molar-refractivity contribution in [2.24, 2.45) is 0 Å². The van der Waals surface area contributed by atoms with Gasteiger partial charge in [-0.3, -0.25) is 14.6 Å². The smallest absolute Gasteiger partial charge is 0.253 e. The lowest BCUT2D eigenvalue weighted by atomic mass is 9.91. The van der Waals surface area contributed by atoms with Gasteiger partial charge in [-0.2, -0.15) is 0 Å². The van der Waals surface area contributed by atoms with E-state index in [1.54, 1.807) is 12.3 Å². The molecule has 1 aromatic heterocycles. The Morgan fingerprint density at radius 2 is 2.04 bits per heavy atom. The van der Waals surface area contributed by atoms with Crippen molar-refractivity contribution in [1.82, 2.24) is 15.6 Å². The number of aromatic nitrogens is 1. The summed E-state index contributed by atoms with van der Waals surface area (Å²) in [6.45, 7) is 3.84. The zero-order valence-corrected chi connectivity index (χ0v) is 14.9. The predicted molar refractivity (Wildman–Crippen MR) is 97.8 cm³/mol. The van der Waals surface area contributed by atoms with Gasteiger partial charge in [0.1, 0.15) is 5.75 Å². The molecule has 2 heterocycles. The van der Waals surface area contributed by atoms with Gasteiger partial charge in [0.25, 0.3) is 5.91 Å². The van der Waals surface area contributed by atoms with Crippen molar-refractivity contribution in [3.8, 4) is 5.75 Å². The van der Waals surface area contributed by atoms with Crippen LogP contribution in [0.2, 0.25) is 0 Å². The molecule has 136 valence electrons.